The van der Waals surface area contributed by atoms with Crippen molar-refractivity contribution >= 4 is 28.6 Å². The van der Waals surface area contributed by atoms with Gasteiger partial charge in [-0.3, -0.25) is 0 Å². The molecule has 1 unspecified atom stereocenters. The highest BCUT2D eigenvalue weighted by Gasteiger charge is 2.22. The van der Waals surface area contributed by atoms with E-state index in [0.29, 0.717) is 5.56 Å². The molecule has 80 valence electrons. The third-order valence-electron chi connectivity index (χ3n) is 2.82. The molecule has 0 saturated carbocycles. The van der Waals surface area contributed by atoms with Crippen molar-refractivity contribution in [1.29, 1.82) is 0 Å². The molecule has 15 heavy (non-hydrogen) atoms. The molecule has 0 saturated heterocycles. The van der Waals surface area contributed by atoms with Crippen molar-refractivity contribution in [3.63, 3.8) is 0 Å². The van der Waals surface area contributed by atoms with E-state index in [9.17, 15) is 4.79 Å². The number of hydrogen-bond donors (Lipinski definition) is 2. The highest BCUT2D eigenvalue weighted by atomic mass is 127. The molecule has 1 aromatic carbocycles. The fourth-order valence-corrected chi connectivity index (χ4v) is 2.76. The predicted octanol–water partition coefficient (Wildman–Crippen LogP) is 2.33. The molecule has 0 radical (unpaired) electrons. The number of halogens is 1. The van der Waals surface area contributed by atoms with E-state index in [4.69, 9.17) is 10.8 Å². The SMILES string of the molecule is NC1CCCc2c(C(=O)O)cc(I)cc21. The topological polar surface area (TPSA) is 63.3 Å². The van der Waals surface area contributed by atoms with Crippen molar-refractivity contribution in [3.05, 3.63) is 32.4 Å². The van der Waals surface area contributed by atoms with Crippen LogP contribution in [-0.2, 0) is 6.42 Å². The molecule has 1 aliphatic rings. The van der Waals surface area contributed by atoms with Gasteiger partial charge in [0.2, 0.25) is 0 Å². The van der Waals surface area contributed by atoms with Crippen LogP contribution in [0.15, 0.2) is 12.1 Å². The summed E-state index contributed by atoms with van der Waals surface area (Å²) in [5.41, 5.74) is 8.36. The molecule has 1 aliphatic carbocycles. The fourth-order valence-electron chi connectivity index (χ4n) is 2.11. The Labute approximate surface area is 102 Å². The first-order valence-corrected chi connectivity index (χ1v) is 5.98. The molecule has 2 rings (SSSR count). The van der Waals surface area contributed by atoms with Crippen molar-refractivity contribution in [3.8, 4) is 0 Å². The average molecular weight is 317 g/mol. The summed E-state index contributed by atoms with van der Waals surface area (Å²) in [5.74, 6) is -0.848. The van der Waals surface area contributed by atoms with Gasteiger partial charge in [-0.1, -0.05) is 0 Å². The predicted molar refractivity (Wildman–Crippen MR) is 66.0 cm³/mol. The Kier molecular flexibility index (Phi) is 2.97. The Morgan fingerprint density at radius 3 is 2.93 bits per heavy atom. The summed E-state index contributed by atoms with van der Waals surface area (Å²) in [5, 5.41) is 9.11. The van der Waals surface area contributed by atoms with Crippen LogP contribution >= 0.6 is 22.6 Å². The number of aromatic carboxylic acids is 1. The maximum atomic E-state index is 11.1. The Bertz CT molecular complexity index is 417. The second-order valence-corrected chi connectivity index (χ2v) is 5.07. The molecule has 0 aromatic heterocycles. The molecule has 1 aromatic rings. The van der Waals surface area contributed by atoms with Gasteiger partial charge < -0.3 is 10.8 Å². The molecule has 0 fully saturated rings. The highest BCUT2D eigenvalue weighted by molar-refractivity contribution is 14.1. The summed E-state index contributed by atoms with van der Waals surface area (Å²) in [7, 11) is 0. The second-order valence-electron chi connectivity index (χ2n) is 3.83. The molecule has 4 heteroatoms. The molecular formula is C11H12INO2. The Balaban J connectivity index is 2.62. The normalized spacial score (nSPS) is 19.7. The standard InChI is InChI=1S/C11H12INO2/c12-6-4-8-7(2-1-3-10(8)13)9(5-6)11(14)15/h4-5,10H,1-3,13H2,(H,14,15). The van der Waals surface area contributed by atoms with Crippen LogP contribution in [0.2, 0.25) is 0 Å². The number of rotatable bonds is 1. The monoisotopic (exact) mass is 317 g/mol. The van der Waals surface area contributed by atoms with Gasteiger partial charge in [0, 0.05) is 9.61 Å². The van der Waals surface area contributed by atoms with Crippen LogP contribution in [0.1, 0.15) is 40.4 Å². The van der Waals surface area contributed by atoms with Gasteiger partial charge in [-0.15, -0.1) is 0 Å². The lowest BCUT2D eigenvalue weighted by Gasteiger charge is -2.23. The zero-order valence-electron chi connectivity index (χ0n) is 8.16. The van der Waals surface area contributed by atoms with Crippen LogP contribution in [0.3, 0.4) is 0 Å². The largest absolute Gasteiger partial charge is 0.478 e. The molecule has 3 nitrogen and oxygen atoms in total. The van der Waals surface area contributed by atoms with Gasteiger partial charge in [0.25, 0.3) is 0 Å². The maximum Gasteiger partial charge on any atom is 0.336 e. The van der Waals surface area contributed by atoms with Crippen LogP contribution in [0.25, 0.3) is 0 Å². The first kappa shape index (κ1) is 10.9. The van der Waals surface area contributed by atoms with E-state index >= 15 is 0 Å². The second kappa shape index (κ2) is 4.09. The molecule has 0 heterocycles. The smallest absolute Gasteiger partial charge is 0.336 e. The number of nitrogens with two attached hydrogens (primary N) is 1. The molecule has 3 N–H and O–H groups in total. The van der Waals surface area contributed by atoms with Crippen LogP contribution in [0.4, 0.5) is 0 Å². The Morgan fingerprint density at radius 1 is 1.53 bits per heavy atom. The van der Waals surface area contributed by atoms with Crippen LogP contribution in [0, 0.1) is 3.57 Å². The highest BCUT2D eigenvalue weighted by Crippen LogP contribution is 2.31. The number of carboxylic acids is 1. The van der Waals surface area contributed by atoms with Gasteiger partial charge >= 0.3 is 5.97 Å². The Morgan fingerprint density at radius 2 is 2.27 bits per heavy atom. The van der Waals surface area contributed by atoms with Gasteiger partial charge in [-0.05, 0) is 65.1 Å². The van der Waals surface area contributed by atoms with E-state index in [2.05, 4.69) is 22.6 Å². The summed E-state index contributed by atoms with van der Waals surface area (Å²) in [6, 6.07) is 3.73. The number of hydrogen-bond acceptors (Lipinski definition) is 2. The lowest BCUT2D eigenvalue weighted by molar-refractivity contribution is 0.0695. The van der Waals surface area contributed by atoms with Crippen molar-refractivity contribution < 1.29 is 9.90 Å². The molecule has 0 spiro atoms. The zero-order valence-corrected chi connectivity index (χ0v) is 10.3. The summed E-state index contributed by atoms with van der Waals surface area (Å²) in [6.45, 7) is 0. The first-order valence-electron chi connectivity index (χ1n) is 4.91. The van der Waals surface area contributed by atoms with Crippen molar-refractivity contribution in [1.82, 2.24) is 0 Å². The van der Waals surface area contributed by atoms with Gasteiger partial charge in [0.05, 0.1) is 5.56 Å². The van der Waals surface area contributed by atoms with E-state index in [1.54, 1.807) is 6.07 Å². The summed E-state index contributed by atoms with van der Waals surface area (Å²) >= 11 is 2.14. The minimum absolute atomic E-state index is 0.00145. The summed E-state index contributed by atoms with van der Waals surface area (Å²) in [4.78, 5) is 11.1. The minimum Gasteiger partial charge on any atom is -0.478 e. The minimum atomic E-state index is -0.848. The zero-order chi connectivity index (χ0) is 11.0. The molecule has 0 bridgehead atoms. The number of fused-ring (bicyclic) bond motifs is 1. The maximum absolute atomic E-state index is 11.1. The van der Waals surface area contributed by atoms with Crippen molar-refractivity contribution in [2.75, 3.05) is 0 Å². The van der Waals surface area contributed by atoms with Crippen molar-refractivity contribution in [2.45, 2.75) is 25.3 Å². The van der Waals surface area contributed by atoms with E-state index in [1.807, 2.05) is 6.07 Å². The van der Waals surface area contributed by atoms with Crippen LogP contribution < -0.4 is 5.73 Å². The van der Waals surface area contributed by atoms with Crippen molar-refractivity contribution in [2.24, 2.45) is 5.73 Å². The van der Waals surface area contributed by atoms with Gasteiger partial charge in [0.15, 0.2) is 0 Å². The fraction of sp³-hybridized carbons (Fsp3) is 0.364. The molecule has 0 aliphatic heterocycles. The van der Waals surface area contributed by atoms with Crippen LogP contribution in [-0.4, -0.2) is 11.1 Å². The van der Waals surface area contributed by atoms with E-state index < -0.39 is 5.97 Å². The average Bonchev–Trinajstić information content (AvgIpc) is 2.18. The van der Waals surface area contributed by atoms with Gasteiger partial charge in [0.1, 0.15) is 0 Å². The third-order valence-corrected chi connectivity index (χ3v) is 3.44. The first-order chi connectivity index (χ1) is 7.09. The lowest BCUT2D eigenvalue weighted by atomic mass is 9.85. The quantitative estimate of drug-likeness (QED) is 0.782. The number of carboxylic acid groups (broad SMARTS) is 1. The molecule has 0 amide bonds. The van der Waals surface area contributed by atoms with Gasteiger partial charge in [-0.25, -0.2) is 4.79 Å². The third kappa shape index (κ3) is 2.01. The van der Waals surface area contributed by atoms with E-state index in [-0.39, 0.29) is 6.04 Å². The van der Waals surface area contributed by atoms with E-state index in [1.165, 1.54) is 0 Å². The molecular weight excluding hydrogens is 305 g/mol. The number of benzene rings is 1. The Hall–Kier alpha value is -0.620. The summed E-state index contributed by atoms with van der Waals surface area (Å²) in [6.07, 6.45) is 2.77. The summed E-state index contributed by atoms with van der Waals surface area (Å²) < 4.78 is 0.945. The van der Waals surface area contributed by atoms with Crippen LogP contribution in [0.5, 0.6) is 0 Å². The number of carbonyl (C=O) groups is 1. The molecule has 1 atom stereocenters. The van der Waals surface area contributed by atoms with E-state index in [0.717, 1.165) is 34.0 Å². The lowest BCUT2D eigenvalue weighted by Crippen LogP contribution is -2.20. The van der Waals surface area contributed by atoms with Gasteiger partial charge in [-0.2, -0.15) is 0 Å².